The molecule has 1 atom stereocenters. The SMILES string of the molecule is Cl.O=C1CN(S(=O)(=O)c2cccc(C(=O)N[C@H]3CCCNC3)c2)CCN1. The predicted molar refractivity (Wildman–Crippen MR) is 98.8 cm³/mol. The number of carbonyl (C=O) groups excluding carboxylic acids is 2. The molecular formula is C16H23ClN4O4S. The van der Waals surface area contributed by atoms with Crippen molar-refractivity contribution in [3.8, 4) is 0 Å². The minimum atomic E-state index is -3.80. The lowest BCUT2D eigenvalue weighted by Gasteiger charge is -2.26. The van der Waals surface area contributed by atoms with Crippen molar-refractivity contribution in [2.24, 2.45) is 0 Å². The van der Waals surface area contributed by atoms with Crippen LogP contribution in [0.1, 0.15) is 23.2 Å². The minimum Gasteiger partial charge on any atom is -0.354 e. The smallest absolute Gasteiger partial charge is 0.251 e. The summed E-state index contributed by atoms with van der Waals surface area (Å²) >= 11 is 0. The average Bonchev–Trinajstić information content (AvgIpc) is 2.62. The van der Waals surface area contributed by atoms with Crippen LogP contribution in [0.25, 0.3) is 0 Å². The van der Waals surface area contributed by atoms with Gasteiger partial charge in [0.15, 0.2) is 0 Å². The summed E-state index contributed by atoms with van der Waals surface area (Å²) in [6, 6.07) is 6.00. The van der Waals surface area contributed by atoms with Crippen LogP contribution in [0.4, 0.5) is 0 Å². The van der Waals surface area contributed by atoms with E-state index in [1.807, 2.05) is 0 Å². The second-order valence-electron chi connectivity index (χ2n) is 6.23. The lowest BCUT2D eigenvalue weighted by molar-refractivity contribution is -0.122. The highest BCUT2D eigenvalue weighted by atomic mass is 35.5. The Morgan fingerprint density at radius 1 is 1.27 bits per heavy atom. The van der Waals surface area contributed by atoms with Crippen molar-refractivity contribution in [1.82, 2.24) is 20.3 Å². The van der Waals surface area contributed by atoms with Gasteiger partial charge in [-0.15, -0.1) is 12.4 Å². The molecule has 2 fully saturated rings. The van der Waals surface area contributed by atoms with Crippen molar-refractivity contribution in [1.29, 1.82) is 0 Å². The first-order valence-corrected chi connectivity index (χ1v) is 9.79. The maximum atomic E-state index is 12.7. The second-order valence-corrected chi connectivity index (χ2v) is 8.17. The maximum Gasteiger partial charge on any atom is 0.251 e. The molecule has 2 aliphatic rings. The number of hydrogen-bond donors (Lipinski definition) is 3. The van der Waals surface area contributed by atoms with Crippen LogP contribution >= 0.6 is 12.4 Å². The van der Waals surface area contributed by atoms with E-state index < -0.39 is 10.0 Å². The number of hydrogen-bond acceptors (Lipinski definition) is 5. The third-order valence-corrected chi connectivity index (χ3v) is 6.21. The first kappa shape index (κ1) is 20.6. The van der Waals surface area contributed by atoms with Crippen LogP contribution in [0.2, 0.25) is 0 Å². The quantitative estimate of drug-likeness (QED) is 0.641. The number of amides is 2. The molecule has 0 spiro atoms. The van der Waals surface area contributed by atoms with Crippen molar-refractivity contribution in [2.45, 2.75) is 23.8 Å². The van der Waals surface area contributed by atoms with Crippen molar-refractivity contribution < 1.29 is 18.0 Å². The summed E-state index contributed by atoms with van der Waals surface area (Å²) in [4.78, 5) is 23.9. The summed E-state index contributed by atoms with van der Waals surface area (Å²) in [6.07, 6.45) is 1.90. The summed E-state index contributed by atoms with van der Waals surface area (Å²) in [5, 5.41) is 8.74. The molecule has 0 aromatic heterocycles. The van der Waals surface area contributed by atoms with Gasteiger partial charge in [0.25, 0.3) is 5.91 Å². The van der Waals surface area contributed by atoms with Gasteiger partial charge >= 0.3 is 0 Å². The molecule has 1 aromatic rings. The van der Waals surface area contributed by atoms with Crippen molar-refractivity contribution in [3.05, 3.63) is 29.8 Å². The molecular weight excluding hydrogens is 380 g/mol. The third kappa shape index (κ3) is 4.73. The van der Waals surface area contributed by atoms with Gasteiger partial charge in [-0.05, 0) is 37.6 Å². The van der Waals surface area contributed by atoms with Gasteiger partial charge in [0.05, 0.1) is 11.4 Å². The standard InChI is InChI=1S/C16H22N4O4S.ClH/c21-15-11-20(8-7-18-15)25(23,24)14-5-1-3-12(9-14)16(22)19-13-4-2-6-17-10-13;/h1,3,5,9,13,17H,2,4,6-8,10-11H2,(H,18,21)(H,19,22);1H/t13-;/m0./s1. The molecule has 2 saturated heterocycles. The van der Waals surface area contributed by atoms with Crippen molar-refractivity contribution in [3.63, 3.8) is 0 Å². The van der Waals surface area contributed by atoms with E-state index in [-0.39, 0.29) is 54.8 Å². The van der Waals surface area contributed by atoms with Crippen LogP contribution in [0.5, 0.6) is 0 Å². The van der Waals surface area contributed by atoms with Crippen LogP contribution in [-0.2, 0) is 14.8 Å². The summed E-state index contributed by atoms with van der Waals surface area (Å²) in [7, 11) is -3.80. The highest BCUT2D eigenvalue weighted by Crippen LogP contribution is 2.18. The van der Waals surface area contributed by atoms with Gasteiger partial charge in [-0.3, -0.25) is 9.59 Å². The molecule has 3 N–H and O–H groups in total. The average molecular weight is 403 g/mol. The number of benzene rings is 1. The molecule has 2 amide bonds. The molecule has 8 nitrogen and oxygen atoms in total. The molecule has 0 unspecified atom stereocenters. The Hall–Kier alpha value is -1.68. The summed E-state index contributed by atoms with van der Waals surface area (Å²) < 4.78 is 26.5. The zero-order valence-electron chi connectivity index (χ0n) is 14.2. The Labute approximate surface area is 159 Å². The zero-order valence-corrected chi connectivity index (χ0v) is 15.9. The maximum absolute atomic E-state index is 12.7. The number of sulfonamides is 1. The van der Waals surface area contributed by atoms with Gasteiger partial charge in [-0.2, -0.15) is 4.31 Å². The van der Waals surface area contributed by atoms with Gasteiger partial charge in [0, 0.05) is 31.2 Å². The van der Waals surface area contributed by atoms with E-state index in [1.165, 1.54) is 12.1 Å². The zero-order chi connectivity index (χ0) is 17.9. The predicted octanol–water partition coefficient (Wildman–Crippen LogP) is -0.289. The highest BCUT2D eigenvalue weighted by molar-refractivity contribution is 7.89. The van der Waals surface area contributed by atoms with Crippen LogP contribution in [0.15, 0.2) is 29.2 Å². The van der Waals surface area contributed by atoms with Crippen molar-refractivity contribution >= 4 is 34.2 Å². The van der Waals surface area contributed by atoms with E-state index in [0.717, 1.165) is 23.7 Å². The number of nitrogens with zero attached hydrogens (tertiary/aromatic N) is 1. The summed E-state index contributed by atoms with van der Waals surface area (Å²) in [6.45, 7) is 1.97. The minimum absolute atomic E-state index is 0. The van der Waals surface area contributed by atoms with Gasteiger partial charge < -0.3 is 16.0 Å². The molecule has 26 heavy (non-hydrogen) atoms. The molecule has 144 valence electrons. The number of carbonyl (C=O) groups is 2. The lowest BCUT2D eigenvalue weighted by Crippen LogP contribution is -2.49. The highest BCUT2D eigenvalue weighted by Gasteiger charge is 2.29. The van der Waals surface area contributed by atoms with Crippen molar-refractivity contribution in [2.75, 3.05) is 32.7 Å². The fourth-order valence-corrected chi connectivity index (χ4v) is 4.45. The molecule has 2 aliphatic heterocycles. The topological polar surface area (TPSA) is 108 Å². The summed E-state index contributed by atoms with van der Waals surface area (Å²) in [5.41, 5.74) is 0.299. The van der Waals surface area contributed by atoms with E-state index >= 15 is 0 Å². The molecule has 0 saturated carbocycles. The van der Waals surface area contributed by atoms with Crippen LogP contribution < -0.4 is 16.0 Å². The molecule has 2 heterocycles. The van der Waals surface area contributed by atoms with Gasteiger partial charge in [-0.1, -0.05) is 6.07 Å². The Morgan fingerprint density at radius 2 is 2.08 bits per heavy atom. The molecule has 10 heteroatoms. The second kappa shape index (κ2) is 8.81. The van der Waals surface area contributed by atoms with E-state index in [4.69, 9.17) is 0 Å². The normalized spacial score (nSPS) is 21.4. The van der Waals surface area contributed by atoms with E-state index in [0.29, 0.717) is 12.1 Å². The lowest BCUT2D eigenvalue weighted by atomic mass is 10.1. The van der Waals surface area contributed by atoms with Gasteiger partial charge in [0.1, 0.15) is 0 Å². The first-order valence-electron chi connectivity index (χ1n) is 8.35. The number of nitrogens with one attached hydrogen (secondary N) is 3. The number of piperazine rings is 1. The summed E-state index contributed by atoms with van der Waals surface area (Å²) in [5.74, 6) is -0.615. The molecule has 1 aromatic carbocycles. The number of piperidine rings is 1. The Balaban J connectivity index is 0.00000243. The molecule has 0 aliphatic carbocycles. The molecule has 0 radical (unpaired) electrons. The van der Waals surface area contributed by atoms with E-state index in [9.17, 15) is 18.0 Å². The fraction of sp³-hybridized carbons (Fsp3) is 0.500. The Bertz CT molecular complexity index is 765. The van der Waals surface area contributed by atoms with Crippen LogP contribution in [0, 0.1) is 0 Å². The van der Waals surface area contributed by atoms with Gasteiger partial charge in [-0.25, -0.2) is 8.42 Å². The van der Waals surface area contributed by atoms with Crippen LogP contribution in [-0.4, -0.2) is 63.3 Å². The third-order valence-electron chi connectivity index (χ3n) is 4.37. The van der Waals surface area contributed by atoms with Gasteiger partial charge in [0.2, 0.25) is 15.9 Å². The number of rotatable bonds is 4. The first-order chi connectivity index (χ1) is 12.0. The Morgan fingerprint density at radius 3 is 2.77 bits per heavy atom. The largest absolute Gasteiger partial charge is 0.354 e. The number of halogens is 1. The molecule has 0 bridgehead atoms. The van der Waals surface area contributed by atoms with E-state index in [2.05, 4.69) is 16.0 Å². The van der Waals surface area contributed by atoms with Crippen LogP contribution in [0.3, 0.4) is 0 Å². The van der Waals surface area contributed by atoms with E-state index in [1.54, 1.807) is 12.1 Å². The molecule has 3 rings (SSSR count). The fourth-order valence-electron chi connectivity index (χ4n) is 3.01. The monoisotopic (exact) mass is 402 g/mol. The Kier molecular flexibility index (Phi) is 6.99.